The van der Waals surface area contributed by atoms with Gasteiger partial charge in [0.2, 0.25) is 6.79 Å². The van der Waals surface area contributed by atoms with E-state index in [-0.39, 0.29) is 43.3 Å². The summed E-state index contributed by atoms with van der Waals surface area (Å²) in [5.41, 5.74) is 2.05. The number of aliphatic imine (C=N–C) groups is 1. The minimum absolute atomic E-state index is 0. The first-order valence-corrected chi connectivity index (χ1v) is 8.77. The maximum Gasteiger partial charge on any atom is 0.231 e. The third-order valence-electron chi connectivity index (χ3n) is 4.18. The average Bonchev–Trinajstić information content (AvgIpc) is 3.15. The standard InChI is InChI=1S/C19H22ClN3O3.HI/c1-21-19(23-10-15(11-24)14-5-3-2-4-6-14)22-9-13-7-16(20)18-17(8-13)25-12-26-18;/h2-8,15,24H,9-12H2,1H3,(H2,21,22,23);1H. The van der Waals surface area contributed by atoms with Crippen LogP contribution in [0.1, 0.15) is 17.0 Å². The predicted octanol–water partition coefficient (Wildman–Crippen LogP) is 3.13. The number of rotatable bonds is 6. The summed E-state index contributed by atoms with van der Waals surface area (Å²) >= 11 is 6.21. The van der Waals surface area contributed by atoms with Crippen molar-refractivity contribution < 1.29 is 14.6 Å². The first-order valence-electron chi connectivity index (χ1n) is 8.39. The highest BCUT2D eigenvalue weighted by molar-refractivity contribution is 14.0. The molecule has 0 saturated heterocycles. The number of benzene rings is 2. The number of fused-ring (bicyclic) bond motifs is 1. The molecule has 0 radical (unpaired) electrons. The van der Waals surface area contributed by atoms with E-state index in [4.69, 9.17) is 21.1 Å². The summed E-state index contributed by atoms with van der Waals surface area (Å²) in [5.74, 6) is 1.89. The van der Waals surface area contributed by atoms with Crippen molar-refractivity contribution in [1.82, 2.24) is 10.6 Å². The Morgan fingerprint density at radius 2 is 2.00 bits per heavy atom. The minimum Gasteiger partial charge on any atom is -0.454 e. The molecule has 1 aliphatic rings. The molecular formula is C19H23ClIN3O3. The highest BCUT2D eigenvalue weighted by Crippen LogP contribution is 2.39. The summed E-state index contributed by atoms with van der Waals surface area (Å²) in [6.45, 7) is 1.36. The Morgan fingerprint density at radius 3 is 2.70 bits per heavy atom. The van der Waals surface area contributed by atoms with E-state index in [0.717, 1.165) is 11.1 Å². The van der Waals surface area contributed by atoms with Crippen LogP contribution in [0.25, 0.3) is 0 Å². The van der Waals surface area contributed by atoms with Crippen molar-refractivity contribution in [2.45, 2.75) is 12.5 Å². The van der Waals surface area contributed by atoms with Crippen molar-refractivity contribution in [3.63, 3.8) is 0 Å². The molecule has 0 fully saturated rings. The van der Waals surface area contributed by atoms with Crippen molar-refractivity contribution in [3.8, 4) is 11.5 Å². The van der Waals surface area contributed by atoms with Crippen molar-refractivity contribution >= 4 is 41.5 Å². The Balaban J connectivity index is 0.00000261. The molecule has 3 N–H and O–H groups in total. The fourth-order valence-electron chi connectivity index (χ4n) is 2.76. The maximum absolute atomic E-state index is 9.65. The van der Waals surface area contributed by atoms with E-state index in [1.54, 1.807) is 7.05 Å². The summed E-state index contributed by atoms with van der Waals surface area (Å²) in [6, 6.07) is 13.6. The predicted molar refractivity (Wildman–Crippen MR) is 117 cm³/mol. The number of ether oxygens (including phenoxy) is 2. The normalized spacial score (nSPS) is 13.7. The summed E-state index contributed by atoms with van der Waals surface area (Å²) in [7, 11) is 1.71. The molecule has 146 valence electrons. The van der Waals surface area contributed by atoms with Gasteiger partial charge in [-0.1, -0.05) is 41.9 Å². The number of halogens is 2. The zero-order valence-electron chi connectivity index (χ0n) is 14.9. The van der Waals surface area contributed by atoms with E-state index in [1.807, 2.05) is 42.5 Å². The number of aliphatic hydroxyl groups excluding tert-OH is 1. The largest absolute Gasteiger partial charge is 0.454 e. The average molecular weight is 504 g/mol. The molecule has 8 heteroatoms. The van der Waals surface area contributed by atoms with Crippen LogP contribution in [0, 0.1) is 0 Å². The van der Waals surface area contributed by atoms with Gasteiger partial charge < -0.3 is 25.2 Å². The fraction of sp³-hybridized carbons (Fsp3) is 0.316. The molecule has 2 aromatic rings. The van der Waals surface area contributed by atoms with Gasteiger partial charge in [-0.3, -0.25) is 4.99 Å². The minimum atomic E-state index is -0.00487. The van der Waals surface area contributed by atoms with Crippen molar-refractivity contribution in [3.05, 3.63) is 58.6 Å². The molecule has 0 saturated carbocycles. The van der Waals surface area contributed by atoms with Crippen LogP contribution < -0.4 is 20.1 Å². The summed E-state index contributed by atoms with van der Waals surface area (Å²) in [4.78, 5) is 4.22. The summed E-state index contributed by atoms with van der Waals surface area (Å²) in [5, 5.41) is 16.7. The van der Waals surface area contributed by atoms with E-state index in [2.05, 4.69) is 15.6 Å². The van der Waals surface area contributed by atoms with Gasteiger partial charge in [-0.2, -0.15) is 0 Å². The molecule has 6 nitrogen and oxygen atoms in total. The van der Waals surface area contributed by atoms with Crippen molar-refractivity contribution in [2.24, 2.45) is 4.99 Å². The van der Waals surface area contributed by atoms with Crippen LogP contribution >= 0.6 is 35.6 Å². The molecule has 3 rings (SSSR count). The van der Waals surface area contributed by atoms with Crippen LogP contribution in [-0.4, -0.2) is 38.1 Å². The maximum atomic E-state index is 9.65. The number of hydrogen-bond acceptors (Lipinski definition) is 4. The molecule has 1 atom stereocenters. The first kappa shape index (κ1) is 21.6. The van der Waals surface area contributed by atoms with Gasteiger partial charge in [0, 0.05) is 26.1 Å². The molecule has 0 spiro atoms. The molecule has 2 aromatic carbocycles. The number of guanidine groups is 1. The van der Waals surface area contributed by atoms with Gasteiger partial charge in [-0.15, -0.1) is 24.0 Å². The van der Waals surface area contributed by atoms with Crippen LogP contribution in [0.2, 0.25) is 5.02 Å². The van der Waals surface area contributed by atoms with Gasteiger partial charge in [0.1, 0.15) is 0 Å². The Bertz CT molecular complexity index is 774. The smallest absolute Gasteiger partial charge is 0.231 e. The van der Waals surface area contributed by atoms with Crippen LogP contribution in [0.3, 0.4) is 0 Å². The lowest BCUT2D eigenvalue weighted by atomic mass is 10.0. The van der Waals surface area contributed by atoms with Crippen LogP contribution in [0.15, 0.2) is 47.5 Å². The molecule has 27 heavy (non-hydrogen) atoms. The molecule has 0 aliphatic carbocycles. The van der Waals surface area contributed by atoms with Gasteiger partial charge in [-0.25, -0.2) is 0 Å². The van der Waals surface area contributed by atoms with Crippen LogP contribution in [0.5, 0.6) is 11.5 Å². The van der Waals surface area contributed by atoms with Crippen molar-refractivity contribution in [2.75, 3.05) is 27.0 Å². The lowest BCUT2D eigenvalue weighted by Gasteiger charge is -2.18. The molecule has 0 amide bonds. The monoisotopic (exact) mass is 503 g/mol. The van der Waals surface area contributed by atoms with Gasteiger partial charge in [0.25, 0.3) is 0 Å². The lowest BCUT2D eigenvalue weighted by Crippen LogP contribution is -2.39. The van der Waals surface area contributed by atoms with Gasteiger partial charge in [0.15, 0.2) is 17.5 Å². The summed E-state index contributed by atoms with van der Waals surface area (Å²) in [6.07, 6.45) is 0. The van der Waals surface area contributed by atoms with E-state index in [0.29, 0.717) is 35.6 Å². The Hall–Kier alpha value is -1.71. The summed E-state index contributed by atoms with van der Waals surface area (Å²) < 4.78 is 10.7. The Kier molecular flexibility index (Phi) is 8.46. The topological polar surface area (TPSA) is 75.1 Å². The van der Waals surface area contributed by atoms with E-state index in [1.165, 1.54) is 0 Å². The third-order valence-corrected chi connectivity index (χ3v) is 4.46. The number of nitrogens with one attached hydrogen (secondary N) is 2. The highest BCUT2D eigenvalue weighted by Gasteiger charge is 2.18. The van der Waals surface area contributed by atoms with Gasteiger partial charge in [0.05, 0.1) is 11.6 Å². The molecule has 1 heterocycles. The second kappa shape index (κ2) is 10.6. The van der Waals surface area contributed by atoms with Gasteiger partial charge >= 0.3 is 0 Å². The molecule has 1 aliphatic heterocycles. The second-order valence-corrected chi connectivity index (χ2v) is 6.32. The van der Waals surface area contributed by atoms with Crippen LogP contribution in [0.4, 0.5) is 0 Å². The highest BCUT2D eigenvalue weighted by atomic mass is 127. The van der Waals surface area contributed by atoms with E-state index >= 15 is 0 Å². The Morgan fingerprint density at radius 1 is 1.22 bits per heavy atom. The molecule has 0 bridgehead atoms. The fourth-order valence-corrected chi connectivity index (χ4v) is 3.05. The number of hydrogen-bond donors (Lipinski definition) is 3. The Labute approximate surface area is 181 Å². The van der Waals surface area contributed by atoms with Gasteiger partial charge in [-0.05, 0) is 23.3 Å². The third kappa shape index (κ3) is 5.63. The second-order valence-electron chi connectivity index (χ2n) is 5.91. The van der Waals surface area contributed by atoms with E-state index in [9.17, 15) is 5.11 Å². The first-order chi connectivity index (χ1) is 12.7. The van der Waals surface area contributed by atoms with Crippen molar-refractivity contribution in [1.29, 1.82) is 0 Å². The SMILES string of the molecule is CN=C(NCc1cc(Cl)c2c(c1)OCO2)NCC(CO)c1ccccc1.I. The number of nitrogens with zero attached hydrogens (tertiary/aromatic N) is 1. The number of aliphatic hydroxyl groups is 1. The zero-order valence-corrected chi connectivity index (χ0v) is 18.0. The molecule has 0 aromatic heterocycles. The molecular weight excluding hydrogens is 481 g/mol. The van der Waals surface area contributed by atoms with E-state index < -0.39 is 0 Å². The lowest BCUT2D eigenvalue weighted by molar-refractivity contribution is 0.174. The molecule has 1 unspecified atom stereocenters. The quantitative estimate of drug-likeness (QED) is 0.321. The van der Waals surface area contributed by atoms with Crippen LogP contribution in [-0.2, 0) is 6.54 Å². The zero-order chi connectivity index (χ0) is 18.4.